The van der Waals surface area contributed by atoms with E-state index in [1.54, 1.807) is 6.92 Å². The second kappa shape index (κ2) is 8.71. The summed E-state index contributed by atoms with van der Waals surface area (Å²) in [7, 11) is 0. The molecule has 0 unspecified atom stereocenters. The number of aryl methyl sites for hydroxylation is 1. The van der Waals surface area contributed by atoms with Gasteiger partial charge in [0.05, 0.1) is 17.8 Å². The fourth-order valence-corrected chi connectivity index (χ4v) is 3.27. The number of amides is 1. The number of carbonyl (C=O) groups excluding carboxylic acids is 1. The highest BCUT2D eigenvalue weighted by Gasteiger charge is 2.26. The predicted octanol–water partition coefficient (Wildman–Crippen LogP) is 3.32. The summed E-state index contributed by atoms with van der Waals surface area (Å²) in [5.74, 6) is -1.66. The Labute approximate surface area is 167 Å². The van der Waals surface area contributed by atoms with E-state index in [1.807, 2.05) is 60.7 Å². The monoisotopic (exact) mass is 397 g/mol. The van der Waals surface area contributed by atoms with Crippen molar-refractivity contribution in [1.29, 1.82) is 0 Å². The van der Waals surface area contributed by atoms with Gasteiger partial charge in [-0.05, 0) is 18.1 Å². The molecule has 0 bridgehead atoms. The largest absolute Gasteiger partial charge is 0.480 e. The van der Waals surface area contributed by atoms with E-state index in [9.17, 15) is 14.7 Å². The molecule has 0 radical (unpaired) electrons. The van der Waals surface area contributed by atoms with E-state index < -0.39 is 17.9 Å². The van der Waals surface area contributed by atoms with Crippen LogP contribution >= 0.6 is 11.6 Å². The molecule has 3 rings (SSSR count). The number of carbonyl (C=O) groups is 2. The van der Waals surface area contributed by atoms with Crippen molar-refractivity contribution < 1.29 is 14.7 Å². The zero-order valence-electron chi connectivity index (χ0n) is 15.3. The standard InChI is InChI=1S/C21H20ClN3O3/c1-14-18(19(22)25(24-14)13-16-10-6-3-7-11-16)20(26)23-17(21(27)28)12-15-8-4-2-5-9-15/h2-11,17H,12-13H2,1H3,(H,23,26)(H,27,28)/t17-/m1/s1. The van der Waals surface area contributed by atoms with Crippen LogP contribution in [0.15, 0.2) is 60.7 Å². The molecule has 0 spiro atoms. The third-order valence-electron chi connectivity index (χ3n) is 4.35. The van der Waals surface area contributed by atoms with Crippen molar-refractivity contribution in [3.8, 4) is 0 Å². The van der Waals surface area contributed by atoms with Gasteiger partial charge in [-0.15, -0.1) is 0 Å². The minimum atomic E-state index is -1.11. The van der Waals surface area contributed by atoms with Crippen molar-refractivity contribution in [2.45, 2.75) is 25.9 Å². The number of hydrogen-bond donors (Lipinski definition) is 2. The van der Waals surface area contributed by atoms with E-state index in [4.69, 9.17) is 11.6 Å². The first-order valence-corrected chi connectivity index (χ1v) is 9.18. The maximum Gasteiger partial charge on any atom is 0.326 e. The first-order valence-electron chi connectivity index (χ1n) is 8.80. The van der Waals surface area contributed by atoms with Gasteiger partial charge in [-0.25, -0.2) is 9.48 Å². The van der Waals surface area contributed by atoms with Crippen LogP contribution in [-0.2, 0) is 17.8 Å². The van der Waals surface area contributed by atoms with Gasteiger partial charge >= 0.3 is 5.97 Å². The Hall–Kier alpha value is -3.12. The topological polar surface area (TPSA) is 84.2 Å². The van der Waals surface area contributed by atoms with Crippen LogP contribution in [0.1, 0.15) is 27.2 Å². The third-order valence-corrected chi connectivity index (χ3v) is 4.74. The SMILES string of the molecule is Cc1nn(Cc2ccccc2)c(Cl)c1C(=O)N[C@H](Cc1ccccc1)C(=O)O. The number of rotatable bonds is 7. The quantitative estimate of drug-likeness (QED) is 0.640. The number of carboxylic acids is 1. The number of carboxylic acid groups (broad SMARTS) is 1. The van der Waals surface area contributed by atoms with Gasteiger partial charge < -0.3 is 10.4 Å². The van der Waals surface area contributed by atoms with Crippen LogP contribution in [0.5, 0.6) is 0 Å². The molecule has 1 amide bonds. The molecule has 28 heavy (non-hydrogen) atoms. The number of nitrogens with zero attached hydrogens (tertiary/aromatic N) is 2. The molecule has 7 heteroatoms. The van der Waals surface area contributed by atoms with E-state index in [-0.39, 0.29) is 17.1 Å². The second-order valence-corrected chi connectivity index (χ2v) is 6.81. The van der Waals surface area contributed by atoms with Crippen LogP contribution in [0.25, 0.3) is 0 Å². The zero-order valence-corrected chi connectivity index (χ0v) is 16.1. The molecule has 0 aliphatic heterocycles. The van der Waals surface area contributed by atoms with E-state index in [1.165, 1.54) is 4.68 Å². The Kier molecular flexibility index (Phi) is 6.11. The number of halogens is 1. The van der Waals surface area contributed by atoms with Crippen LogP contribution in [0.3, 0.4) is 0 Å². The number of hydrogen-bond acceptors (Lipinski definition) is 3. The first-order chi connectivity index (χ1) is 13.5. The summed E-state index contributed by atoms with van der Waals surface area (Å²) in [6, 6.07) is 17.7. The van der Waals surface area contributed by atoms with E-state index >= 15 is 0 Å². The molecule has 1 heterocycles. The predicted molar refractivity (Wildman–Crippen MR) is 107 cm³/mol. The summed E-state index contributed by atoms with van der Waals surface area (Å²) in [5, 5.41) is 16.6. The number of benzene rings is 2. The highest BCUT2D eigenvalue weighted by molar-refractivity contribution is 6.33. The van der Waals surface area contributed by atoms with Crippen LogP contribution in [0.2, 0.25) is 5.15 Å². The molecule has 0 saturated heterocycles. The van der Waals surface area contributed by atoms with Gasteiger partial charge in [0.25, 0.3) is 5.91 Å². The first kappa shape index (κ1) is 19.6. The smallest absolute Gasteiger partial charge is 0.326 e. The normalized spacial score (nSPS) is 11.8. The molecule has 3 aromatic rings. The van der Waals surface area contributed by atoms with Crippen molar-refractivity contribution in [1.82, 2.24) is 15.1 Å². The van der Waals surface area contributed by atoms with E-state index in [0.29, 0.717) is 12.2 Å². The highest BCUT2D eigenvalue weighted by atomic mass is 35.5. The molecular weight excluding hydrogens is 378 g/mol. The van der Waals surface area contributed by atoms with Crippen molar-refractivity contribution in [3.05, 3.63) is 88.2 Å². The fourth-order valence-electron chi connectivity index (χ4n) is 2.95. The van der Waals surface area contributed by atoms with Crippen LogP contribution in [0, 0.1) is 6.92 Å². The molecule has 2 aromatic carbocycles. The maximum atomic E-state index is 12.7. The molecule has 144 valence electrons. The lowest BCUT2D eigenvalue weighted by Gasteiger charge is -2.14. The van der Waals surface area contributed by atoms with Crippen LogP contribution < -0.4 is 5.32 Å². The molecule has 0 aliphatic rings. The molecule has 0 saturated carbocycles. The van der Waals surface area contributed by atoms with Gasteiger partial charge in [-0.3, -0.25) is 4.79 Å². The van der Waals surface area contributed by atoms with Crippen molar-refractivity contribution in [2.24, 2.45) is 0 Å². The average Bonchev–Trinajstić information content (AvgIpc) is 2.96. The van der Waals surface area contributed by atoms with E-state index in [0.717, 1.165) is 11.1 Å². The maximum absolute atomic E-state index is 12.7. The second-order valence-electron chi connectivity index (χ2n) is 6.45. The Bertz CT molecular complexity index is 971. The minimum Gasteiger partial charge on any atom is -0.480 e. The highest BCUT2D eigenvalue weighted by Crippen LogP contribution is 2.21. The average molecular weight is 398 g/mol. The molecule has 0 fully saturated rings. The lowest BCUT2D eigenvalue weighted by molar-refractivity contribution is -0.139. The van der Waals surface area contributed by atoms with Gasteiger partial charge in [0.15, 0.2) is 0 Å². The van der Waals surface area contributed by atoms with Crippen molar-refractivity contribution >= 4 is 23.5 Å². The number of aromatic nitrogens is 2. The van der Waals surface area contributed by atoms with E-state index in [2.05, 4.69) is 10.4 Å². The lowest BCUT2D eigenvalue weighted by Crippen LogP contribution is -2.42. The summed E-state index contributed by atoms with van der Waals surface area (Å²) >= 11 is 6.39. The summed E-state index contributed by atoms with van der Waals surface area (Å²) in [6.07, 6.45) is 0.177. The Morgan fingerprint density at radius 1 is 1.07 bits per heavy atom. The minimum absolute atomic E-state index is 0.177. The van der Waals surface area contributed by atoms with Crippen molar-refractivity contribution in [2.75, 3.05) is 0 Å². The summed E-state index contributed by atoms with van der Waals surface area (Å²) in [6.45, 7) is 2.09. The lowest BCUT2D eigenvalue weighted by atomic mass is 10.1. The summed E-state index contributed by atoms with van der Waals surface area (Å²) in [5.41, 5.74) is 2.45. The number of aliphatic carboxylic acids is 1. The van der Waals surface area contributed by atoms with Crippen LogP contribution in [-0.4, -0.2) is 32.8 Å². The van der Waals surface area contributed by atoms with Gasteiger partial charge in [0.1, 0.15) is 11.2 Å². The van der Waals surface area contributed by atoms with Crippen LogP contribution in [0.4, 0.5) is 0 Å². The van der Waals surface area contributed by atoms with Gasteiger partial charge in [-0.2, -0.15) is 5.10 Å². The molecule has 6 nitrogen and oxygen atoms in total. The summed E-state index contributed by atoms with van der Waals surface area (Å²) < 4.78 is 1.54. The number of nitrogens with one attached hydrogen (secondary N) is 1. The Morgan fingerprint density at radius 2 is 1.64 bits per heavy atom. The fraction of sp³-hybridized carbons (Fsp3) is 0.190. The summed E-state index contributed by atoms with van der Waals surface area (Å²) in [4.78, 5) is 24.4. The molecule has 0 aliphatic carbocycles. The molecule has 2 N–H and O–H groups in total. The zero-order chi connectivity index (χ0) is 20.1. The van der Waals surface area contributed by atoms with Crippen molar-refractivity contribution in [3.63, 3.8) is 0 Å². The van der Waals surface area contributed by atoms with Gasteiger partial charge in [0, 0.05) is 6.42 Å². The Balaban J connectivity index is 1.78. The molecular formula is C21H20ClN3O3. The molecule has 1 atom stereocenters. The Morgan fingerprint density at radius 3 is 2.21 bits per heavy atom. The van der Waals surface area contributed by atoms with Gasteiger partial charge in [-0.1, -0.05) is 72.3 Å². The molecule has 1 aromatic heterocycles. The van der Waals surface area contributed by atoms with Gasteiger partial charge in [0.2, 0.25) is 0 Å². The third kappa shape index (κ3) is 4.58.